The fraction of sp³-hybridized carbons (Fsp3) is 0.556. The molecule has 1 aromatic heterocycles. The van der Waals surface area contributed by atoms with E-state index in [1.54, 1.807) is 11.3 Å². The Morgan fingerprint density at radius 1 is 1.29 bits per heavy atom. The summed E-state index contributed by atoms with van der Waals surface area (Å²) in [5.41, 5.74) is 2.26. The number of hydrogen-bond acceptors (Lipinski definition) is 5. The molecule has 3 aliphatic rings. The molecule has 3 heterocycles. The van der Waals surface area contributed by atoms with Crippen LogP contribution in [0.25, 0.3) is 10.2 Å². The average molecular weight is 342 g/mol. The van der Waals surface area contributed by atoms with E-state index in [0.717, 1.165) is 59.9 Å². The van der Waals surface area contributed by atoms with Crippen molar-refractivity contribution in [1.29, 1.82) is 0 Å². The number of fused-ring (bicyclic) bond motifs is 1. The molecule has 2 saturated heterocycles. The number of carbonyl (C=O) groups is 1. The fourth-order valence-electron chi connectivity index (χ4n) is 4.13. The van der Waals surface area contributed by atoms with Gasteiger partial charge in [-0.25, -0.2) is 4.98 Å². The number of benzene rings is 1. The van der Waals surface area contributed by atoms with Crippen molar-refractivity contribution in [3.05, 3.63) is 23.8 Å². The zero-order valence-corrected chi connectivity index (χ0v) is 14.5. The van der Waals surface area contributed by atoms with E-state index >= 15 is 0 Å². The molecule has 2 N–H and O–H groups in total. The van der Waals surface area contributed by atoms with E-state index < -0.39 is 0 Å². The van der Waals surface area contributed by atoms with Crippen LogP contribution in [0, 0.1) is 5.41 Å². The predicted octanol–water partition coefficient (Wildman–Crippen LogP) is 2.38. The molecule has 1 aromatic carbocycles. The van der Waals surface area contributed by atoms with Gasteiger partial charge in [0.05, 0.1) is 10.2 Å². The smallest absolute Gasteiger partial charge is 0.251 e. The van der Waals surface area contributed by atoms with Gasteiger partial charge >= 0.3 is 0 Å². The third-order valence-electron chi connectivity index (χ3n) is 5.65. The van der Waals surface area contributed by atoms with Crippen molar-refractivity contribution >= 4 is 32.6 Å². The molecule has 2 aliphatic heterocycles. The minimum atomic E-state index is 0.0576. The van der Waals surface area contributed by atoms with Crippen LogP contribution in [-0.2, 0) is 0 Å². The molecule has 5 nitrogen and oxygen atoms in total. The molecule has 0 radical (unpaired) electrons. The van der Waals surface area contributed by atoms with E-state index in [9.17, 15) is 4.79 Å². The van der Waals surface area contributed by atoms with Crippen LogP contribution in [-0.4, -0.2) is 43.1 Å². The van der Waals surface area contributed by atoms with Gasteiger partial charge in [0.1, 0.15) is 0 Å². The largest absolute Gasteiger partial charge is 0.349 e. The molecule has 1 aliphatic carbocycles. The van der Waals surface area contributed by atoms with Crippen LogP contribution in [0.15, 0.2) is 18.2 Å². The van der Waals surface area contributed by atoms with Crippen molar-refractivity contribution in [2.24, 2.45) is 5.41 Å². The number of carbonyl (C=O) groups excluding carboxylic acids is 1. The summed E-state index contributed by atoms with van der Waals surface area (Å²) in [7, 11) is 0. The molecule has 1 saturated carbocycles. The van der Waals surface area contributed by atoms with E-state index in [2.05, 4.69) is 15.5 Å². The molecule has 126 valence electrons. The van der Waals surface area contributed by atoms with Gasteiger partial charge < -0.3 is 15.5 Å². The van der Waals surface area contributed by atoms with Gasteiger partial charge in [-0.3, -0.25) is 4.79 Å². The van der Waals surface area contributed by atoms with Gasteiger partial charge in [-0.15, -0.1) is 0 Å². The molecule has 6 heteroatoms. The van der Waals surface area contributed by atoms with Crippen molar-refractivity contribution < 1.29 is 4.79 Å². The first-order chi connectivity index (χ1) is 11.7. The number of anilines is 1. The molecule has 5 rings (SSSR count). The van der Waals surface area contributed by atoms with Crippen molar-refractivity contribution in [3.63, 3.8) is 0 Å². The Balaban J connectivity index is 1.33. The molecule has 1 spiro atoms. The quantitative estimate of drug-likeness (QED) is 0.899. The lowest BCUT2D eigenvalue weighted by Gasteiger charge is -2.56. The molecule has 24 heavy (non-hydrogen) atoms. The van der Waals surface area contributed by atoms with Gasteiger partial charge in [-0.1, -0.05) is 24.2 Å². The van der Waals surface area contributed by atoms with Gasteiger partial charge in [0.2, 0.25) is 0 Å². The summed E-state index contributed by atoms with van der Waals surface area (Å²) < 4.78 is 1.11. The minimum absolute atomic E-state index is 0.0576. The summed E-state index contributed by atoms with van der Waals surface area (Å²) in [6, 6.07) is 6.25. The fourth-order valence-corrected chi connectivity index (χ4v) is 5.13. The second kappa shape index (κ2) is 5.43. The average Bonchev–Trinajstić information content (AvgIpc) is 3.12. The Labute approximate surface area is 145 Å². The van der Waals surface area contributed by atoms with E-state index in [1.165, 1.54) is 12.8 Å². The van der Waals surface area contributed by atoms with Crippen molar-refractivity contribution in [3.8, 4) is 0 Å². The monoisotopic (exact) mass is 342 g/mol. The SMILES string of the molecule is O=C(NC1CCCC1)c1ccc2nc(N3CC4(CNC4)C3)sc2c1. The van der Waals surface area contributed by atoms with Crippen LogP contribution >= 0.6 is 11.3 Å². The molecule has 1 amide bonds. The van der Waals surface area contributed by atoms with Gasteiger partial charge in [0.15, 0.2) is 5.13 Å². The number of nitrogens with zero attached hydrogens (tertiary/aromatic N) is 2. The van der Waals surface area contributed by atoms with Gasteiger partial charge in [0.25, 0.3) is 5.91 Å². The topological polar surface area (TPSA) is 57.3 Å². The highest BCUT2D eigenvalue weighted by Gasteiger charge is 2.48. The Bertz CT molecular complexity index is 783. The second-order valence-corrected chi connectivity index (χ2v) is 8.60. The predicted molar refractivity (Wildman–Crippen MR) is 96.9 cm³/mol. The zero-order valence-electron chi connectivity index (χ0n) is 13.7. The molecular weight excluding hydrogens is 320 g/mol. The lowest BCUT2D eigenvalue weighted by atomic mass is 9.75. The van der Waals surface area contributed by atoms with E-state index in [4.69, 9.17) is 4.98 Å². The van der Waals surface area contributed by atoms with E-state index in [-0.39, 0.29) is 5.91 Å². The first-order valence-electron chi connectivity index (χ1n) is 8.88. The molecule has 3 fully saturated rings. The summed E-state index contributed by atoms with van der Waals surface area (Å²) >= 11 is 1.71. The van der Waals surface area contributed by atoms with E-state index in [0.29, 0.717) is 11.5 Å². The standard InChI is InChI=1S/C18H22N4OS/c23-16(20-13-3-1-2-4-13)12-5-6-14-15(7-12)24-17(21-14)22-10-18(11-22)8-19-9-18/h5-7,13,19H,1-4,8-11H2,(H,20,23). The third kappa shape index (κ3) is 2.40. The maximum Gasteiger partial charge on any atom is 0.251 e. The highest BCUT2D eigenvalue weighted by atomic mass is 32.1. The van der Waals surface area contributed by atoms with Crippen LogP contribution in [0.2, 0.25) is 0 Å². The first-order valence-corrected chi connectivity index (χ1v) is 9.70. The van der Waals surface area contributed by atoms with Crippen LogP contribution < -0.4 is 15.5 Å². The summed E-state index contributed by atoms with van der Waals surface area (Å²) in [4.78, 5) is 19.6. The molecule has 2 aromatic rings. The number of nitrogens with one attached hydrogen (secondary N) is 2. The maximum absolute atomic E-state index is 12.4. The van der Waals surface area contributed by atoms with Crippen LogP contribution in [0.1, 0.15) is 36.0 Å². The van der Waals surface area contributed by atoms with Crippen LogP contribution in [0.5, 0.6) is 0 Å². The lowest BCUT2D eigenvalue weighted by molar-refractivity contribution is 0.0938. The summed E-state index contributed by atoms with van der Waals surface area (Å²) in [5, 5.41) is 7.62. The van der Waals surface area contributed by atoms with Crippen LogP contribution in [0.4, 0.5) is 5.13 Å². The number of thiazole rings is 1. The highest BCUT2D eigenvalue weighted by Crippen LogP contribution is 2.40. The summed E-state index contributed by atoms with van der Waals surface area (Å²) in [6.07, 6.45) is 4.69. The first kappa shape index (κ1) is 14.7. The van der Waals surface area contributed by atoms with Gasteiger partial charge in [-0.2, -0.15) is 0 Å². The molecule has 0 unspecified atom stereocenters. The number of aromatic nitrogens is 1. The Morgan fingerprint density at radius 3 is 2.79 bits per heavy atom. The van der Waals surface area contributed by atoms with Gasteiger partial charge in [-0.05, 0) is 31.0 Å². The Hall–Kier alpha value is -1.66. The number of amides is 1. The molecule has 0 atom stereocenters. The molecule has 0 bridgehead atoms. The van der Waals surface area contributed by atoms with E-state index in [1.807, 2.05) is 18.2 Å². The maximum atomic E-state index is 12.4. The number of rotatable bonds is 3. The molecular formula is C18H22N4OS. The van der Waals surface area contributed by atoms with Crippen LogP contribution in [0.3, 0.4) is 0 Å². The van der Waals surface area contributed by atoms with Gasteiger partial charge in [0, 0.05) is 43.2 Å². The number of hydrogen-bond donors (Lipinski definition) is 2. The summed E-state index contributed by atoms with van der Waals surface area (Å²) in [6.45, 7) is 4.49. The highest BCUT2D eigenvalue weighted by molar-refractivity contribution is 7.22. The van der Waals surface area contributed by atoms with Crippen molar-refractivity contribution in [1.82, 2.24) is 15.6 Å². The Kier molecular flexibility index (Phi) is 3.31. The second-order valence-electron chi connectivity index (χ2n) is 7.59. The Morgan fingerprint density at radius 2 is 2.08 bits per heavy atom. The van der Waals surface area contributed by atoms with Crippen molar-refractivity contribution in [2.75, 3.05) is 31.1 Å². The zero-order chi connectivity index (χ0) is 16.1. The summed E-state index contributed by atoms with van der Waals surface area (Å²) in [5.74, 6) is 0.0576. The van der Waals surface area contributed by atoms with Crippen molar-refractivity contribution in [2.45, 2.75) is 31.7 Å². The lowest BCUT2D eigenvalue weighted by Crippen LogP contribution is -2.71. The minimum Gasteiger partial charge on any atom is -0.349 e. The third-order valence-corrected chi connectivity index (χ3v) is 6.73. The normalized spacial score (nSPS) is 22.6.